The van der Waals surface area contributed by atoms with Gasteiger partial charge in [-0.3, -0.25) is 4.79 Å². The molecular weight excluding hydrogens is 977 g/mol. The van der Waals surface area contributed by atoms with E-state index in [-0.39, 0.29) is 5.78 Å². The van der Waals surface area contributed by atoms with Crippen molar-refractivity contribution in [2.24, 2.45) is 0 Å². The molecule has 0 saturated heterocycles. The first-order valence-electron chi connectivity index (χ1n) is 26.5. The monoisotopic (exact) mass is 1020 g/mol. The molecule has 0 aromatic heterocycles. The van der Waals surface area contributed by atoms with Gasteiger partial charge >= 0.3 is 0 Å². The topological polar surface area (TPSA) is 67.0 Å². The standard InChI is InChI=1S/C70H46N4O5/c1-70(2)51-18-4-3-17-49(51)69(75)50-34-31-43(39-52(50)70)44-37-47(73-57-23-9-15-29-65(57)78-67-41-45(32-35-59(67)73)71-53-19-5-11-25-61(53)76-62-26-12-6-20-54(62)71)40-48(38-44)74-58-24-10-16-30-66(58)79-68-42-46(33-36-60(68)74)72-55-21-7-13-27-63(55)77-64-28-14-8-22-56(64)72/h3-42H,1-2H3. The third-order valence-corrected chi connectivity index (χ3v) is 15.9. The molecule has 1 aliphatic carbocycles. The smallest absolute Gasteiger partial charge is 0.193 e. The van der Waals surface area contributed by atoms with Crippen LogP contribution in [-0.4, -0.2) is 5.78 Å². The Labute approximate surface area is 456 Å². The van der Waals surface area contributed by atoms with Gasteiger partial charge in [0.05, 0.1) is 56.9 Å². The van der Waals surface area contributed by atoms with Crippen LogP contribution in [0.25, 0.3) is 11.1 Å². The maximum atomic E-state index is 14.3. The first-order chi connectivity index (χ1) is 38.8. The van der Waals surface area contributed by atoms with Crippen molar-refractivity contribution in [3.63, 3.8) is 0 Å². The zero-order valence-corrected chi connectivity index (χ0v) is 42.9. The van der Waals surface area contributed by atoms with Gasteiger partial charge in [0.15, 0.2) is 51.8 Å². The van der Waals surface area contributed by atoms with Crippen LogP contribution in [0.1, 0.15) is 40.9 Å². The van der Waals surface area contributed by atoms with Gasteiger partial charge in [-0.15, -0.1) is 0 Å². The lowest BCUT2D eigenvalue weighted by molar-refractivity contribution is 0.103. The molecule has 11 aromatic carbocycles. The molecule has 376 valence electrons. The Kier molecular flexibility index (Phi) is 9.63. The van der Waals surface area contributed by atoms with Crippen LogP contribution in [0.3, 0.4) is 0 Å². The molecule has 0 amide bonds. The molecule has 0 N–H and O–H groups in total. The molecule has 0 spiro atoms. The number of ether oxygens (including phenoxy) is 4. The molecular formula is C70H46N4O5. The van der Waals surface area contributed by atoms with Gasteiger partial charge in [-0.2, -0.15) is 0 Å². The summed E-state index contributed by atoms with van der Waals surface area (Å²) in [4.78, 5) is 23.3. The third-order valence-electron chi connectivity index (χ3n) is 15.9. The number of para-hydroxylation sites is 12. The van der Waals surface area contributed by atoms with Crippen molar-refractivity contribution in [2.45, 2.75) is 19.3 Å². The van der Waals surface area contributed by atoms with E-state index < -0.39 is 5.41 Å². The van der Waals surface area contributed by atoms with Crippen LogP contribution in [0.2, 0.25) is 0 Å². The van der Waals surface area contributed by atoms with E-state index in [1.54, 1.807) is 0 Å². The number of benzene rings is 11. The zero-order valence-electron chi connectivity index (χ0n) is 42.9. The molecule has 0 fully saturated rings. The molecule has 5 aliphatic rings. The summed E-state index contributed by atoms with van der Waals surface area (Å²) in [5.41, 5.74) is 15.9. The Morgan fingerprint density at radius 3 is 1.05 bits per heavy atom. The highest BCUT2D eigenvalue weighted by molar-refractivity contribution is 6.13. The van der Waals surface area contributed by atoms with E-state index in [0.29, 0.717) is 11.5 Å². The van der Waals surface area contributed by atoms with Gasteiger partial charge in [-0.25, -0.2) is 0 Å². The average Bonchev–Trinajstić information content (AvgIpc) is 3.60. The van der Waals surface area contributed by atoms with Crippen molar-refractivity contribution in [3.05, 3.63) is 265 Å². The van der Waals surface area contributed by atoms with E-state index >= 15 is 0 Å². The number of carbonyl (C=O) groups excluding carboxylic acids is 1. The second-order valence-corrected chi connectivity index (χ2v) is 20.9. The fourth-order valence-corrected chi connectivity index (χ4v) is 12.3. The van der Waals surface area contributed by atoms with Gasteiger partial charge in [-0.05, 0) is 144 Å². The van der Waals surface area contributed by atoms with Crippen molar-refractivity contribution in [1.82, 2.24) is 0 Å². The molecule has 4 heterocycles. The third kappa shape index (κ3) is 6.86. The fraction of sp³-hybridized carbons (Fsp3) is 0.0429. The first-order valence-corrected chi connectivity index (χ1v) is 26.5. The Morgan fingerprint density at radius 2 is 0.620 bits per heavy atom. The number of hydrogen-bond donors (Lipinski definition) is 0. The maximum Gasteiger partial charge on any atom is 0.193 e. The van der Waals surface area contributed by atoms with Crippen LogP contribution in [0.5, 0.6) is 46.0 Å². The first kappa shape index (κ1) is 44.8. The molecule has 0 bridgehead atoms. The van der Waals surface area contributed by atoms with Crippen molar-refractivity contribution in [3.8, 4) is 57.1 Å². The number of anilines is 12. The van der Waals surface area contributed by atoms with Crippen LogP contribution >= 0.6 is 0 Å². The second kappa shape index (κ2) is 17.0. The minimum atomic E-state index is -0.446. The highest BCUT2D eigenvalue weighted by Crippen LogP contribution is 2.59. The van der Waals surface area contributed by atoms with E-state index in [2.05, 4.69) is 155 Å². The minimum absolute atomic E-state index is 0.0424. The number of ketones is 1. The van der Waals surface area contributed by atoms with Gasteiger partial charge in [-0.1, -0.05) is 123 Å². The summed E-state index contributed by atoms with van der Waals surface area (Å²) < 4.78 is 26.7. The zero-order chi connectivity index (χ0) is 52.5. The minimum Gasteiger partial charge on any atom is -0.453 e. The van der Waals surface area contributed by atoms with Crippen molar-refractivity contribution in [1.29, 1.82) is 0 Å². The van der Waals surface area contributed by atoms with Gasteiger partial charge < -0.3 is 38.5 Å². The van der Waals surface area contributed by atoms with Crippen LogP contribution < -0.4 is 38.5 Å². The van der Waals surface area contributed by atoms with E-state index in [1.165, 1.54) is 0 Å². The average molecular weight is 1020 g/mol. The number of hydrogen-bond acceptors (Lipinski definition) is 9. The lowest BCUT2D eigenvalue weighted by atomic mass is 9.68. The van der Waals surface area contributed by atoms with E-state index in [9.17, 15) is 4.79 Å². The highest BCUT2D eigenvalue weighted by Gasteiger charge is 2.38. The largest absolute Gasteiger partial charge is 0.453 e. The van der Waals surface area contributed by atoms with Gasteiger partial charge in [0.25, 0.3) is 0 Å². The van der Waals surface area contributed by atoms with Gasteiger partial charge in [0.2, 0.25) is 0 Å². The number of nitrogens with zero attached hydrogens (tertiary/aromatic N) is 4. The summed E-state index contributed by atoms with van der Waals surface area (Å²) in [6, 6.07) is 82.9. The lowest BCUT2D eigenvalue weighted by Gasteiger charge is -2.37. The summed E-state index contributed by atoms with van der Waals surface area (Å²) in [6.07, 6.45) is 0. The second-order valence-electron chi connectivity index (χ2n) is 20.9. The predicted molar refractivity (Wildman–Crippen MR) is 313 cm³/mol. The Morgan fingerprint density at radius 1 is 0.278 bits per heavy atom. The Balaban J connectivity index is 0.897. The van der Waals surface area contributed by atoms with E-state index in [1.807, 2.05) is 121 Å². The molecule has 0 radical (unpaired) electrons. The summed E-state index contributed by atoms with van der Waals surface area (Å²) in [5.74, 6) is 5.95. The van der Waals surface area contributed by atoms with Crippen molar-refractivity contribution >= 4 is 74.0 Å². The summed E-state index contributed by atoms with van der Waals surface area (Å²) in [6.45, 7) is 4.44. The molecule has 0 unspecified atom stereocenters. The maximum absolute atomic E-state index is 14.3. The molecule has 4 aliphatic heterocycles. The number of rotatable bonds is 5. The van der Waals surface area contributed by atoms with Gasteiger partial charge in [0.1, 0.15) is 0 Å². The molecule has 79 heavy (non-hydrogen) atoms. The summed E-state index contributed by atoms with van der Waals surface area (Å²) in [7, 11) is 0. The number of carbonyl (C=O) groups is 1. The molecule has 11 aromatic rings. The molecule has 0 atom stereocenters. The van der Waals surface area contributed by atoms with E-state index in [0.717, 1.165) is 136 Å². The highest BCUT2D eigenvalue weighted by atomic mass is 16.5. The van der Waals surface area contributed by atoms with Gasteiger partial charge in [0, 0.05) is 40.0 Å². The molecule has 0 saturated carbocycles. The summed E-state index contributed by atoms with van der Waals surface area (Å²) in [5, 5.41) is 0. The van der Waals surface area contributed by atoms with Crippen molar-refractivity contribution < 1.29 is 23.7 Å². The van der Waals surface area contributed by atoms with Crippen LogP contribution in [0.15, 0.2) is 243 Å². The van der Waals surface area contributed by atoms with Crippen molar-refractivity contribution in [2.75, 3.05) is 19.6 Å². The lowest BCUT2D eigenvalue weighted by Crippen LogP contribution is -2.30. The van der Waals surface area contributed by atoms with Crippen LogP contribution in [0.4, 0.5) is 68.2 Å². The normalized spacial score (nSPS) is 14.4. The molecule has 9 heteroatoms. The summed E-state index contributed by atoms with van der Waals surface area (Å²) >= 11 is 0. The predicted octanol–water partition coefficient (Wildman–Crippen LogP) is 19.5. The molecule has 9 nitrogen and oxygen atoms in total. The Bertz CT molecular complexity index is 4090. The van der Waals surface area contributed by atoms with Crippen LogP contribution in [-0.2, 0) is 5.41 Å². The molecule has 16 rings (SSSR count). The Hall–Kier alpha value is -10.5. The van der Waals surface area contributed by atoms with Crippen LogP contribution in [0, 0.1) is 0 Å². The quantitative estimate of drug-likeness (QED) is 0.168. The SMILES string of the molecule is CC1(C)c2ccccc2C(=O)c2ccc(-c3cc(N4c5ccccc5Oc5cc(N6c7ccccc7Oc7ccccc76)ccc54)cc(N4c5ccccc5Oc5cc(N6c7ccccc7Oc7ccccc76)ccc54)c3)cc21. The van der Waals surface area contributed by atoms with E-state index in [4.69, 9.17) is 18.9 Å². The number of fused-ring (bicyclic) bond motifs is 10. The fourth-order valence-electron chi connectivity index (χ4n) is 12.3.